The van der Waals surface area contributed by atoms with Crippen LogP contribution in [0.15, 0.2) is 17.0 Å². The molecular weight excluding hydrogens is 337 g/mol. The van der Waals surface area contributed by atoms with Crippen molar-refractivity contribution in [2.24, 2.45) is 0 Å². The molecule has 100 valence electrons. The van der Waals surface area contributed by atoms with E-state index in [0.717, 1.165) is 6.33 Å². The number of hydrogen-bond donors (Lipinski definition) is 1. The summed E-state index contributed by atoms with van der Waals surface area (Å²) in [5, 5.41) is 2.02. The van der Waals surface area contributed by atoms with Gasteiger partial charge >= 0.3 is 0 Å². The first-order valence-corrected chi connectivity index (χ1v) is 5.46. The summed E-state index contributed by atoms with van der Waals surface area (Å²) >= 11 is 2.96. The van der Waals surface area contributed by atoms with Crippen LogP contribution in [0.2, 0.25) is 0 Å². The van der Waals surface area contributed by atoms with Crippen molar-refractivity contribution in [2.45, 2.75) is 0 Å². The lowest BCUT2D eigenvalue weighted by atomic mass is 10.2. The third-order valence-electron chi connectivity index (χ3n) is 2.12. The highest BCUT2D eigenvalue weighted by atomic mass is 79.9. The summed E-state index contributed by atoms with van der Waals surface area (Å²) in [6.45, 7) is 0. The van der Waals surface area contributed by atoms with Gasteiger partial charge in [0, 0.05) is 6.20 Å². The number of nitrogens with zero attached hydrogens (tertiary/aromatic N) is 2. The fraction of sp³-hybridized carbons (Fsp3) is 0. The Kier molecular flexibility index (Phi) is 3.65. The molecule has 1 N–H and O–H groups in total. The molecule has 19 heavy (non-hydrogen) atoms. The SMILES string of the molecule is Fc1c(F)c(F)c(Nc2ncncc2Br)c(F)c1F. The van der Waals surface area contributed by atoms with Crippen LogP contribution in [-0.2, 0) is 0 Å². The van der Waals surface area contributed by atoms with Gasteiger partial charge in [0.25, 0.3) is 0 Å². The first kappa shape index (κ1) is 13.7. The van der Waals surface area contributed by atoms with Crippen LogP contribution >= 0.6 is 15.9 Å². The fourth-order valence-corrected chi connectivity index (χ4v) is 1.56. The third-order valence-corrected chi connectivity index (χ3v) is 2.70. The molecule has 0 atom stereocenters. The third kappa shape index (κ3) is 2.37. The Hall–Kier alpha value is -1.77. The van der Waals surface area contributed by atoms with Gasteiger partial charge in [-0.3, -0.25) is 0 Å². The van der Waals surface area contributed by atoms with Crippen molar-refractivity contribution in [3.8, 4) is 0 Å². The van der Waals surface area contributed by atoms with Gasteiger partial charge in [-0.2, -0.15) is 0 Å². The van der Waals surface area contributed by atoms with Crippen LogP contribution in [0.5, 0.6) is 0 Å². The molecule has 0 spiro atoms. The van der Waals surface area contributed by atoms with E-state index in [2.05, 4.69) is 25.9 Å². The first-order valence-electron chi connectivity index (χ1n) is 4.67. The molecule has 2 aromatic rings. The van der Waals surface area contributed by atoms with Crippen LogP contribution in [0.1, 0.15) is 0 Å². The van der Waals surface area contributed by atoms with Crippen LogP contribution in [0.25, 0.3) is 0 Å². The molecular formula is C10H3BrF5N3. The second-order valence-corrected chi connectivity index (χ2v) is 4.14. The monoisotopic (exact) mass is 339 g/mol. The Morgan fingerprint density at radius 2 is 1.42 bits per heavy atom. The Balaban J connectivity index is 2.56. The van der Waals surface area contributed by atoms with Crippen LogP contribution < -0.4 is 5.32 Å². The number of benzene rings is 1. The van der Waals surface area contributed by atoms with E-state index in [9.17, 15) is 22.0 Å². The smallest absolute Gasteiger partial charge is 0.200 e. The molecule has 3 nitrogen and oxygen atoms in total. The Morgan fingerprint density at radius 1 is 0.895 bits per heavy atom. The highest BCUT2D eigenvalue weighted by molar-refractivity contribution is 9.10. The van der Waals surface area contributed by atoms with Crippen molar-refractivity contribution in [2.75, 3.05) is 5.32 Å². The maximum Gasteiger partial charge on any atom is 0.200 e. The minimum absolute atomic E-state index is 0.141. The minimum atomic E-state index is -2.22. The molecule has 0 aliphatic rings. The maximum absolute atomic E-state index is 13.4. The molecule has 0 amide bonds. The van der Waals surface area contributed by atoms with Gasteiger partial charge in [0.1, 0.15) is 17.8 Å². The van der Waals surface area contributed by atoms with Gasteiger partial charge in [-0.25, -0.2) is 31.9 Å². The molecule has 9 heteroatoms. The van der Waals surface area contributed by atoms with Gasteiger partial charge < -0.3 is 5.32 Å². The molecule has 1 aromatic heterocycles. The minimum Gasteiger partial charge on any atom is -0.334 e. The topological polar surface area (TPSA) is 37.8 Å². The van der Waals surface area contributed by atoms with Gasteiger partial charge in [-0.15, -0.1) is 0 Å². The summed E-state index contributed by atoms with van der Waals surface area (Å²) in [4.78, 5) is 7.18. The summed E-state index contributed by atoms with van der Waals surface area (Å²) in [5.41, 5.74) is -1.18. The average Bonchev–Trinajstić information content (AvgIpc) is 2.41. The van der Waals surface area contributed by atoms with E-state index >= 15 is 0 Å². The van der Waals surface area contributed by atoms with E-state index in [4.69, 9.17) is 0 Å². The highest BCUT2D eigenvalue weighted by Gasteiger charge is 2.26. The molecule has 0 fully saturated rings. The van der Waals surface area contributed by atoms with Gasteiger partial charge in [-0.1, -0.05) is 0 Å². The summed E-state index contributed by atoms with van der Waals surface area (Å²) in [6, 6.07) is 0. The van der Waals surface area contributed by atoms with E-state index < -0.39 is 34.8 Å². The molecule has 2 rings (SSSR count). The molecule has 0 unspecified atom stereocenters. The van der Waals surface area contributed by atoms with Crippen LogP contribution in [-0.4, -0.2) is 9.97 Å². The van der Waals surface area contributed by atoms with Crippen molar-refractivity contribution in [1.82, 2.24) is 9.97 Å². The zero-order chi connectivity index (χ0) is 14.2. The molecule has 1 aromatic carbocycles. The van der Waals surface area contributed by atoms with Gasteiger partial charge in [-0.05, 0) is 15.9 Å². The number of hydrogen-bond acceptors (Lipinski definition) is 3. The van der Waals surface area contributed by atoms with Crippen molar-refractivity contribution < 1.29 is 22.0 Å². The Bertz CT molecular complexity index is 620. The molecule has 0 aliphatic carbocycles. The summed E-state index contributed by atoms with van der Waals surface area (Å²) < 4.78 is 65.7. The van der Waals surface area contributed by atoms with Crippen LogP contribution in [0.4, 0.5) is 33.5 Å². The predicted molar refractivity (Wildman–Crippen MR) is 59.2 cm³/mol. The molecule has 0 saturated carbocycles. The van der Waals surface area contributed by atoms with E-state index in [0.29, 0.717) is 0 Å². The zero-order valence-electron chi connectivity index (χ0n) is 8.82. The Morgan fingerprint density at radius 3 is 1.95 bits per heavy atom. The first-order chi connectivity index (χ1) is 8.93. The van der Waals surface area contributed by atoms with Crippen LogP contribution in [0.3, 0.4) is 0 Å². The quantitative estimate of drug-likeness (QED) is 0.515. The summed E-state index contributed by atoms with van der Waals surface area (Å²) in [7, 11) is 0. The number of aromatic nitrogens is 2. The molecule has 0 radical (unpaired) electrons. The van der Waals surface area contributed by atoms with Gasteiger partial charge in [0.15, 0.2) is 23.3 Å². The predicted octanol–water partition coefficient (Wildman–Crippen LogP) is 3.68. The largest absolute Gasteiger partial charge is 0.334 e. The van der Waals surface area contributed by atoms with Crippen molar-refractivity contribution >= 4 is 27.4 Å². The van der Waals surface area contributed by atoms with Crippen molar-refractivity contribution in [3.63, 3.8) is 0 Å². The molecule has 0 bridgehead atoms. The van der Waals surface area contributed by atoms with Crippen LogP contribution in [0, 0.1) is 29.1 Å². The second kappa shape index (κ2) is 5.08. The van der Waals surface area contributed by atoms with Crippen molar-refractivity contribution in [3.05, 3.63) is 46.1 Å². The van der Waals surface area contributed by atoms with Crippen molar-refractivity contribution in [1.29, 1.82) is 0 Å². The fourth-order valence-electron chi connectivity index (χ4n) is 1.24. The zero-order valence-corrected chi connectivity index (χ0v) is 10.4. The van der Waals surface area contributed by atoms with Gasteiger partial charge in [0.05, 0.1) is 4.47 Å². The average molecular weight is 340 g/mol. The summed E-state index contributed by atoms with van der Waals surface area (Å²) in [5.74, 6) is -10.4. The lowest BCUT2D eigenvalue weighted by Gasteiger charge is -2.10. The standard InChI is InChI=1S/C10H3BrF5N3/c11-3-1-17-2-18-10(3)19-9-7(15)5(13)4(12)6(14)8(9)16/h1-2H,(H,17,18,19). The second-order valence-electron chi connectivity index (χ2n) is 3.29. The number of anilines is 2. The number of halogens is 6. The van der Waals surface area contributed by atoms with Gasteiger partial charge in [0.2, 0.25) is 5.82 Å². The lowest BCUT2D eigenvalue weighted by Crippen LogP contribution is -2.07. The molecule has 1 heterocycles. The maximum atomic E-state index is 13.4. The van der Waals surface area contributed by atoms with E-state index in [1.807, 2.05) is 5.32 Å². The van der Waals surface area contributed by atoms with E-state index in [-0.39, 0.29) is 10.3 Å². The molecule has 0 saturated heterocycles. The summed E-state index contributed by atoms with van der Waals surface area (Å²) in [6.07, 6.45) is 2.28. The lowest BCUT2D eigenvalue weighted by molar-refractivity contribution is 0.382. The van der Waals surface area contributed by atoms with E-state index in [1.165, 1.54) is 6.20 Å². The highest BCUT2D eigenvalue weighted by Crippen LogP contribution is 2.30. The Labute approximate surface area is 111 Å². The molecule has 0 aliphatic heterocycles. The van der Waals surface area contributed by atoms with E-state index in [1.54, 1.807) is 0 Å². The number of nitrogens with one attached hydrogen (secondary N) is 1. The number of rotatable bonds is 2. The normalized spacial score (nSPS) is 10.6.